The summed E-state index contributed by atoms with van der Waals surface area (Å²) in [5, 5.41) is 4.24. The van der Waals surface area contributed by atoms with Crippen LogP contribution in [0, 0.1) is 0 Å². The van der Waals surface area contributed by atoms with Crippen molar-refractivity contribution in [1.29, 1.82) is 0 Å². The molecule has 1 saturated heterocycles. The second-order valence-corrected chi connectivity index (χ2v) is 8.32. The van der Waals surface area contributed by atoms with Gasteiger partial charge in [0.15, 0.2) is 0 Å². The van der Waals surface area contributed by atoms with E-state index in [0.29, 0.717) is 0 Å². The molecule has 0 aliphatic carbocycles. The van der Waals surface area contributed by atoms with Crippen molar-refractivity contribution in [3.63, 3.8) is 0 Å². The molecule has 0 spiro atoms. The monoisotopic (exact) mass is 314 g/mol. The fraction of sp³-hybridized carbons (Fsp3) is 0.600. The van der Waals surface area contributed by atoms with Crippen LogP contribution in [0.1, 0.15) is 26.3 Å². The molecule has 1 N–H and O–H groups in total. The lowest BCUT2D eigenvalue weighted by Gasteiger charge is -2.29. The van der Waals surface area contributed by atoms with Gasteiger partial charge in [-0.1, -0.05) is 17.7 Å². The van der Waals surface area contributed by atoms with Gasteiger partial charge in [-0.15, -0.1) is 0 Å². The van der Waals surface area contributed by atoms with Crippen molar-refractivity contribution in [2.45, 2.75) is 32.9 Å². The van der Waals surface area contributed by atoms with E-state index in [-0.39, 0.29) is 5.54 Å². The number of benzene rings is 1. The van der Waals surface area contributed by atoms with Gasteiger partial charge in [-0.25, -0.2) is 0 Å². The van der Waals surface area contributed by atoms with Gasteiger partial charge in [-0.05, 0) is 38.5 Å². The molecule has 1 aliphatic heterocycles. The fourth-order valence-electron chi connectivity index (χ4n) is 2.13. The normalized spacial score (nSPS) is 17.5. The number of rotatable bonds is 3. The molecule has 0 amide bonds. The highest BCUT2D eigenvalue weighted by Crippen LogP contribution is 2.25. The van der Waals surface area contributed by atoms with E-state index in [1.54, 1.807) is 0 Å². The Hall–Kier alpha value is -0.580. The van der Waals surface area contributed by atoms with Crippen LogP contribution in [0.3, 0.4) is 0 Å². The Kier molecular flexibility index (Phi) is 5.10. The second-order valence-electron chi connectivity index (χ2n) is 6.21. The van der Waals surface area contributed by atoms with Gasteiger partial charge in [0.05, 0.1) is 0 Å². The standard InChI is InChI=1S/C15H23ClN2OS/c1-15(2,3)17-11-12-4-5-13(10-14(12)16)18-6-8-20(19)9-7-18/h4-5,10,17H,6-9,11H2,1-3H3. The lowest BCUT2D eigenvalue weighted by Crippen LogP contribution is -2.37. The Labute approximate surface area is 129 Å². The van der Waals surface area contributed by atoms with E-state index in [0.717, 1.165) is 47.4 Å². The van der Waals surface area contributed by atoms with Gasteiger partial charge in [0, 0.05) is 58.2 Å². The van der Waals surface area contributed by atoms with Crippen molar-refractivity contribution in [1.82, 2.24) is 5.32 Å². The fourth-order valence-corrected chi connectivity index (χ4v) is 3.43. The minimum Gasteiger partial charge on any atom is -0.370 e. The van der Waals surface area contributed by atoms with E-state index in [9.17, 15) is 4.21 Å². The van der Waals surface area contributed by atoms with Crippen molar-refractivity contribution in [2.24, 2.45) is 0 Å². The molecular weight excluding hydrogens is 292 g/mol. The zero-order valence-corrected chi connectivity index (χ0v) is 14.0. The van der Waals surface area contributed by atoms with Crippen LogP contribution in [0.4, 0.5) is 5.69 Å². The average Bonchev–Trinajstić information content (AvgIpc) is 2.37. The van der Waals surface area contributed by atoms with Crippen LogP contribution in [0.25, 0.3) is 0 Å². The van der Waals surface area contributed by atoms with Gasteiger partial charge in [-0.2, -0.15) is 0 Å². The second kappa shape index (κ2) is 6.46. The van der Waals surface area contributed by atoms with Crippen LogP contribution in [0.5, 0.6) is 0 Å². The quantitative estimate of drug-likeness (QED) is 0.931. The third-order valence-electron chi connectivity index (χ3n) is 3.39. The molecular formula is C15H23ClN2OS. The van der Waals surface area contributed by atoms with Crippen molar-refractivity contribution in [2.75, 3.05) is 29.5 Å². The summed E-state index contributed by atoms with van der Waals surface area (Å²) in [4.78, 5) is 2.26. The van der Waals surface area contributed by atoms with Gasteiger partial charge in [-0.3, -0.25) is 4.21 Å². The van der Waals surface area contributed by atoms with Gasteiger partial charge < -0.3 is 10.2 Å². The first-order valence-electron chi connectivity index (χ1n) is 6.98. The predicted octanol–water partition coefficient (Wildman–Crippen LogP) is 2.80. The zero-order valence-electron chi connectivity index (χ0n) is 12.4. The molecule has 3 nitrogen and oxygen atoms in total. The Morgan fingerprint density at radius 3 is 2.50 bits per heavy atom. The summed E-state index contributed by atoms with van der Waals surface area (Å²) in [6.45, 7) is 8.90. The lowest BCUT2D eigenvalue weighted by molar-refractivity contribution is 0.424. The maximum Gasteiger partial charge on any atom is 0.0471 e. The van der Waals surface area contributed by atoms with Crippen molar-refractivity contribution >= 4 is 28.1 Å². The zero-order chi connectivity index (χ0) is 14.8. The first-order chi connectivity index (χ1) is 9.35. The minimum absolute atomic E-state index is 0.0823. The van der Waals surface area contributed by atoms with Crippen LogP contribution in [0.15, 0.2) is 18.2 Å². The van der Waals surface area contributed by atoms with Gasteiger partial charge in [0.1, 0.15) is 0 Å². The van der Waals surface area contributed by atoms with Crippen LogP contribution in [-0.2, 0) is 17.3 Å². The SMILES string of the molecule is CC(C)(C)NCc1ccc(N2CCS(=O)CC2)cc1Cl. The molecule has 1 heterocycles. The number of hydrogen-bond donors (Lipinski definition) is 1. The molecule has 20 heavy (non-hydrogen) atoms. The molecule has 1 fully saturated rings. The van der Waals surface area contributed by atoms with Crippen LogP contribution < -0.4 is 10.2 Å². The Morgan fingerprint density at radius 2 is 1.95 bits per heavy atom. The average molecular weight is 315 g/mol. The molecule has 1 aromatic rings. The Balaban J connectivity index is 2.04. The van der Waals surface area contributed by atoms with Crippen molar-refractivity contribution in [3.05, 3.63) is 28.8 Å². The third kappa shape index (κ3) is 4.47. The van der Waals surface area contributed by atoms with E-state index in [4.69, 9.17) is 11.6 Å². The molecule has 1 aromatic carbocycles. The molecule has 1 aliphatic rings. The maximum atomic E-state index is 11.4. The first-order valence-corrected chi connectivity index (χ1v) is 8.85. The van der Waals surface area contributed by atoms with Crippen LogP contribution >= 0.6 is 11.6 Å². The maximum absolute atomic E-state index is 11.4. The summed E-state index contributed by atoms with van der Waals surface area (Å²) in [7, 11) is -0.642. The summed E-state index contributed by atoms with van der Waals surface area (Å²) in [6.07, 6.45) is 0. The predicted molar refractivity (Wildman–Crippen MR) is 88.1 cm³/mol. The highest BCUT2D eigenvalue weighted by atomic mass is 35.5. The molecule has 0 atom stereocenters. The third-order valence-corrected chi connectivity index (χ3v) is 5.02. The molecule has 0 unspecified atom stereocenters. The van der Waals surface area contributed by atoms with E-state index < -0.39 is 10.8 Å². The smallest absolute Gasteiger partial charge is 0.0471 e. The summed E-state index contributed by atoms with van der Waals surface area (Å²) in [6, 6.07) is 6.22. The topological polar surface area (TPSA) is 32.3 Å². The van der Waals surface area contributed by atoms with Crippen molar-refractivity contribution < 1.29 is 4.21 Å². The number of anilines is 1. The van der Waals surface area contributed by atoms with Crippen molar-refractivity contribution in [3.8, 4) is 0 Å². The number of halogens is 1. The Morgan fingerprint density at radius 1 is 1.30 bits per heavy atom. The van der Waals surface area contributed by atoms with E-state index in [1.807, 2.05) is 6.07 Å². The number of hydrogen-bond acceptors (Lipinski definition) is 3. The summed E-state index contributed by atoms with van der Waals surface area (Å²) >= 11 is 6.38. The van der Waals surface area contributed by atoms with E-state index >= 15 is 0 Å². The molecule has 5 heteroatoms. The van der Waals surface area contributed by atoms with Crippen LogP contribution in [-0.4, -0.2) is 34.3 Å². The summed E-state index contributed by atoms with van der Waals surface area (Å²) < 4.78 is 11.4. The summed E-state index contributed by atoms with van der Waals surface area (Å²) in [5.41, 5.74) is 2.33. The number of nitrogens with zero attached hydrogens (tertiary/aromatic N) is 1. The molecule has 112 valence electrons. The molecule has 0 bridgehead atoms. The largest absolute Gasteiger partial charge is 0.370 e. The highest BCUT2D eigenvalue weighted by Gasteiger charge is 2.16. The van der Waals surface area contributed by atoms with Crippen LogP contribution in [0.2, 0.25) is 5.02 Å². The lowest BCUT2D eigenvalue weighted by atomic mass is 10.1. The van der Waals surface area contributed by atoms with Gasteiger partial charge in [0.2, 0.25) is 0 Å². The highest BCUT2D eigenvalue weighted by molar-refractivity contribution is 7.85. The minimum atomic E-state index is -0.642. The van der Waals surface area contributed by atoms with E-state index in [2.05, 4.69) is 43.1 Å². The van der Waals surface area contributed by atoms with Gasteiger partial charge >= 0.3 is 0 Å². The summed E-state index contributed by atoms with van der Waals surface area (Å²) in [5.74, 6) is 1.51. The van der Waals surface area contributed by atoms with Gasteiger partial charge in [0.25, 0.3) is 0 Å². The molecule has 0 aromatic heterocycles. The molecule has 0 radical (unpaired) electrons. The molecule has 0 saturated carbocycles. The van der Waals surface area contributed by atoms with E-state index in [1.165, 1.54) is 0 Å². The molecule has 2 rings (SSSR count). The number of nitrogens with one attached hydrogen (secondary N) is 1. The Bertz CT molecular complexity index is 489. The first kappa shape index (κ1) is 15.8.